The van der Waals surface area contributed by atoms with E-state index in [9.17, 15) is 4.79 Å². The number of carbonyl (C=O) groups excluding carboxylic acids is 1. The Morgan fingerprint density at radius 1 is 1.16 bits per heavy atom. The van der Waals surface area contributed by atoms with Crippen molar-refractivity contribution in [1.82, 2.24) is 15.1 Å². The van der Waals surface area contributed by atoms with Crippen molar-refractivity contribution < 1.29 is 14.3 Å². The second-order valence-corrected chi connectivity index (χ2v) is 5.70. The summed E-state index contributed by atoms with van der Waals surface area (Å²) in [4.78, 5) is 12.2. The van der Waals surface area contributed by atoms with Crippen molar-refractivity contribution >= 4 is 5.91 Å². The molecule has 1 amide bonds. The van der Waals surface area contributed by atoms with Gasteiger partial charge in [0.15, 0.2) is 11.5 Å². The second kappa shape index (κ2) is 9.11. The predicted octanol–water partition coefficient (Wildman–Crippen LogP) is 2.87. The van der Waals surface area contributed by atoms with E-state index in [0.29, 0.717) is 37.7 Å². The Kier molecular flexibility index (Phi) is 6.86. The van der Waals surface area contributed by atoms with E-state index in [1.165, 1.54) is 0 Å². The van der Waals surface area contributed by atoms with Gasteiger partial charge in [-0.05, 0) is 45.4 Å². The minimum atomic E-state index is -0.0322. The molecule has 1 N–H and O–H groups in total. The first kappa shape index (κ1) is 18.8. The number of carbonyl (C=O) groups is 1. The zero-order chi connectivity index (χ0) is 18.2. The Labute approximate surface area is 149 Å². The van der Waals surface area contributed by atoms with Gasteiger partial charge in [0.1, 0.15) is 0 Å². The molecule has 0 aliphatic heterocycles. The first-order valence-electron chi connectivity index (χ1n) is 8.75. The molecular formula is C19H27N3O3. The molecule has 1 aromatic heterocycles. The van der Waals surface area contributed by atoms with Gasteiger partial charge in [-0.15, -0.1) is 0 Å². The first-order chi connectivity index (χ1) is 12.1. The number of hydrogen-bond acceptors (Lipinski definition) is 4. The standard InChI is InChI=1S/C19H27N3O3/c1-5-22-13-16(14(4)21-22)12-20-19(23)11-15-8-9-17(24-6-2)18(10-15)25-7-3/h8-10,13H,5-7,11-12H2,1-4H3,(H,20,23). The average Bonchev–Trinajstić information content (AvgIpc) is 2.96. The van der Waals surface area contributed by atoms with Gasteiger partial charge in [0, 0.05) is 24.8 Å². The van der Waals surface area contributed by atoms with E-state index in [1.54, 1.807) is 0 Å². The largest absolute Gasteiger partial charge is 0.490 e. The molecule has 0 saturated carbocycles. The van der Waals surface area contributed by atoms with E-state index in [4.69, 9.17) is 9.47 Å². The lowest BCUT2D eigenvalue weighted by Crippen LogP contribution is -2.24. The molecule has 6 nitrogen and oxygen atoms in total. The molecule has 0 spiro atoms. The Morgan fingerprint density at radius 2 is 1.88 bits per heavy atom. The molecule has 0 saturated heterocycles. The highest BCUT2D eigenvalue weighted by molar-refractivity contribution is 5.78. The van der Waals surface area contributed by atoms with E-state index in [-0.39, 0.29) is 5.91 Å². The molecule has 0 fully saturated rings. The highest BCUT2D eigenvalue weighted by Gasteiger charge is 2.10. The first-order valence-corrected chi connectivity index (χ1v) is 8.75. The van der Waals surface area contributed by atoms with E-state index >= 15 is 0 Å². The van der Waals surface area contributed by atoms with E-state index in [2.05, 4.69) is 10.4 Å². The molecule has 136 valence electrons. The van der Waals surface area contributed by atoms with Crippen LogP contribution < -0.4 is 14.8 Å². The van der Waals surface area contributed by atoms with Gasteiger partial charge in [-0.1, -0.05) is 6.07 Å². The van der Waals surface area contributed by atoms with Crippen LogP contribution in [0.25, 0.3) is 0 Å². The SMILES string of the molecule is CCOc1ccc(CC(=O)NCc2cn(CC)nc2C)cc1OCC. The summed E-state index contributed by atoms with van der Waals surface area (Å²) in [5.41, 5.74) is 2.88. The fourth-order valence-corrected chi connectivity index (χ4v) is 2.54. The van der Waals surface area contributed by atoms with Crippen LogP contribution in [0.5, 0.6) is 11.5 Å². The number of ether oxygens (including phenoxy) is 2. The van der Waals surface area contributed by atoms with Crippen LogP contribution in [0.2, 0.25) is 0 Å². The zero-order valence-corrected chi connectivity index (χ0v) is 15.5. The minimum Gasteiger partial charge on any atom is -0.490 e. The molecule has 2 rings (SSSR count). The number of amides is 1. The summed E-state index contributed by atoms with van der Waals surface area (Å²) in [7, 11) is 0. The number of aromatic nitrogens is 2. The summed E-state index contributed by atoms with van der Waals surface area (Å²) in [6.45, 7) is 10.3. The lowest BCUT2D eigenvalue weighted by molar-refractivity contribution is -0.120. The maximum atomic E-state index is 12.2. The topological polar surface area (TPSA) is 65.4 Å². The number of rotatable bonds is 9. The molecule has 6 heteroatoms. The third kappa shape index (κ3) is 5.24. The van der Waals surface area contributed by atoms with Gasteiger partial charge in [-0.3, -0.25) is 9.48 Å². The van der Waals surface area contributed by atoms with Crippen molar-refractivity contribution in [2.75, 3.05) is 13.2 Å². The summed E-state index contributed by atoms with van der Waals surface area (Å²) in [5.74, 6) is 1.35. The monoisotopic (exact) mass is 345 g/mol. The minimum absolute atomic E-state index is 0.0322. The van der Waals surface area contributed by atoms with E-state index < -0.39 is 0 Å². The molecule has 0 bridgehead atoms. The van der Waals surface area contributed by atoms with Crippen molar-refractivity contribution in [2.45, 2.75) is 47.2 Å². The lowest BCUT2D eigenvalue weighted by Gasteiger charge is -2.12. The molecule has 1 aromatic carbocycles. The summed E-state index contributed by atoms with van der Waals surface area (Å²) < 4.78 is 13.0. The molecule has 0 aliphatic carbocycles. The molecule has 0 aliphatic rings. The summed E-state index contributed by atoms with van der Waals surface area (Å²) >= 11 is 0. The van der Waals surface area contributed by atoms with Crippen LogP contribution in [0.3, 0.4) is 0 Å². The van der Waals surface area contributed by atoms with Gasteiger partial charge in [-0.25, -0.2) is 0 Å². The smallest absolute Gasteiger partial charge is 0.224 e. The molecule has 0 radical (unpaired) electrons. The predicted molar refractivity (Wildman–Crippen MR) is 97.0 cm³/mol. The van der Waals surface area contributed by atoms with Crippen molar-refractivity contribution in [3.8, 4) is 11.5 Å². The third-order valence-corrected chi connectivity index (χ3v) is 3.82. The van der Waals surface area contributed by atoms with Crippen molar-refractivity contribution in [1.29, 1.82) is 0 Å². The van der Waals surface area contributed by atoms with Crippen LogP contribution in [0.15, 0.2) is 24.4 Å². The normalized spacial score (nSPS) is 10.6. The highest BCUT2D eigenvalue weighted by Crippen LogP contribution is 2.28. The molecule has 25 heavy (non-hydrogen) atoms. The van der Waals surface area contributed by atoms with Gasteiger partial charge in [0.25, 0.3) is 0 Å². The van der Waals surface area contributed by atoms with Crippen LogP contribution >= 0.6 is 0 Å². The molecule has 0 atom stereocenters. The number of benzene rings is 1. The Balaban J connectivity index is 1.97. The maximum absolute atomic E-state index is 12.2. The van der Waals surface area contributed by atoms with Gasteiger partial charge >= 0.3 is 0 Å². The van der Waals surface area contributed by atoms with E-state index in [0.717, 1.165) is 23.4 Å². The van der Waals surface area contributed by atoms with E-state index in [1.807, 2.05) is 56.8 Å². The number of aryl methyl sites for hydroxylation is 2. The van der Waals surface area contributed by atoms with Crippen LogP contribution in [-0.2, 0) is 24.3 Å². The van der Waals surface area contributed by atoms with Crippen molar-refractivity contribution in [3.05, 3.63) is 41.2 Å². The fraction of sp³-hybridized carbons (Fsp3) is 0.474. The maximum Gasteiger partial charge on any atom is 0.224 e. The lowest BCUT2D eigenvalue weighted by atomic mass is 10.1. The summed E-state index contributed by atoms with van der Waals surface area (Å²) in [6.07, 6.45) is 2.27. The summed E-state index contributed by atoms with van der Waals surface area (Å²) in [6, 6.07) is 5.62. The number of nitrogens with zero attached hydrogens (tertiary/aromatic N) is 2. The molecule has 2 aromatic rings. The van der Waals surface area contributed by atoms with Crippen LogP contribution in [0.1, 0.15) is 37.6 Å². The third-order valence-electron chi connectivity index (χ3n) is 3.82. The molecule has 0 unspecified atom stereocenters. The van der Waals surface area contributed by atoms with Crippen molar-refractivity contribution in [3.63, 3.8) is 0 Å². The number of hydrogen-bond donors (Lipinski definition) is 1. The molecular weight excluding hydrogens is 318 g/mol. The van der Waals surface area contributed by atoms with Crippen LogP contribution in [0.4, 0.5) is 0 Å². The Bertz CT molecular complexity index is 710. The molecule has 1 heterocycles. The number of nitrogens with one attached hydrogen (secondary N) is 1. The zero-order valence-electron chi connectivity index (χ0n) is 15.5. The second-order valence-electron chi connectivity index (χ2n) is 5.70. The van der Waals surface area contributed by atoms with Crippen LogP contribution in [-0.4, -0.2) is 28.9 Å². The van der Waals surface area contributed by atoms with Gasteiger partial charge in [0.2, 0.25) is 5.91 Å². The summed E-state index contributed by atoms with van der Waals surface area (Å²) in [5, 5.41) is 7.34. The Hall–Kier alpha value is -2.50. The van der Waals surface area contributed by atoms with Gasteiger partial charge in [-0.2, -0.15) is 5.10 Å². The van der Waals surface area contributed by atoms with Gasteiger partial charge < -0.3 is 14.8 Å². The van der Waals surface area contributed by atoms with Crippen LogP contribution in [0, 0.1) is 6.92 Å². The highest BCUT2D eigenvalue weighted by atomic mass is 16.5. The quantitative estimate of drug-likeness (QED) is 0.759. The van der Waals surface area contributed by atoms with Gasteiger partial charge in [0.05, 0.1) is 25.3 Å². The van der Waals surface area contributed by atoms with Crippen molar-refractivity contribution in [2.24, 2.45) is 0 Å². The average molecular weight is 345 g/mol. The fourth-order valence-electron chi connectivity index (χ4n) is 2.54. The Morgan fingerprint density at radius 3 is 2.52 bits per heavy atom.